The zero-order valence-electron chi connectivity index (χ0n) is 10.9. The normalized spacial score (nSPS) is 18.0. The first kappa shape index (κ1) is 14.7. The van der Waals surface area contributed by atoms with Gasteiger partial charge in [0, 0.05) is 21.7 Å². The van der Waals surface area contributed by atoms with Crippen LogP contribution in [0.25, 0.3) is 0 Å². The van der Waals surface area contributed by atoms with E-state index < -0.39 is 11.5 Å². The van der Waals surface area contributed by atoms with Crippen LogP contribution in [-0.2, 0) is 4.79 Å². The van der Waals surface area contributed by atoms with Crippen molar-refractivity contribution in [3.05, 3.63) is 29.3 Å². The van der Waals surface area contributed by atoms with E-state index in [0.29, 0.717) is 12.5 Å². The van der Waals surface area contributed by atoms with E-state index in [1.54, 1.807) is 18.7 Å². The Morgan fingerprint density at radius 3 is 2.63 bits per heavy atom. The lowest BCUT2D eigenvalue weighted by atomic mass is 9.99. The molecule has 0 amide bonds. The van der Waals surface area contributed by atoms with Crippen LogP contribution in [0, 0.1) is 0 Å². The van der Waals surface area contributed by atoms with Crippen molar-refractivity contribution in [3.8, 4) is 0 Å². The lowest BCUT2D eigenvalue weighted by Crippen LogP contribution is -2.50. The molecule has 0 bridgehead atoms. The van der Waals surface area contributed by atoms with Crippen LogP contribution in [0.3, 0.4) is 0 Å². The van der Waals surface area contributed by atoms with Gasteiger partial charge in [0.05, 0.1) is 0 Å². The molecular weight excluding hydrogens is 282 g/mol. The first-order chi connectivity index (χ1) is 8.99. The number of hydrogen-bond acceptors (Lipinski definition) is 3. The maximum absolute atomic E-state index is 11.4. The van der Waals surface area contributed by atoms with Gasteiger partial charge in [-0.15, -0.1) is 11.8 Å². The van der Waals surface area contributed by atoms with Gasteiger partial charge in [-0.05, 0) is 50.5 Å². The predicted octanol–water partition coefficient (Wildman–Crippen LogP) is 3.42. The highest BCUT2D eigenvalue weighted by Crippen LogP contribution is 2.27. The van der Waals surface area contributed by atoms with Gasteiger partial charge >= 0.3 is 5.97 Å². The molecule has 1 aliphatic carbocycles. The number of aliphatic carboxylic acids is 1. The number of nitrogens with one attached hydrogen (secondary N) is 1. The maximum Gasteiger partial charge on any atom is 0.323 e. The minimum atomic E-state index is -0.819. The molecule has 0 aliphatic heterocycles. The lowest BCUT2D eigenvalue weighted by molar-refractivity contribution is -0.144. The minimum absolute atomic E-state index is 0.390. The zero-order valence-corrected chi connectivity index (χ0v) is 12.4. The Labute approximate surface area is 122 Å². The summed E-state index contributed by atoms with van der Waals surface area (Å²) in [6.07, 6.45) is 2.78. The van der Waals surface area contributed by atoms with E-state index in [2.05, 4.69) is 5.32 Å². The number of carboxylic acids is 1. The van der Waals surface area contributed by atoms with Crippen LogP contribution in [-0.4, -0.2) is 28.4 Å². The summed E-state index contributed by atoms with van der Waals surface area (Å²) in [7, 11) is 0. The fourth-order valence-corrected chi connectivity index (χ4v) is 3.02. The molecule has 19 heavy (non-hydrogen) atoms. The average molecular weight is 300 g/mol. The van der Waals surface area contributed by atoms with E-state index >= 15 is 0 Å². The van der Waals surface area contributed by atoms with Gasteiger partial charge in [0.2, 0.25) is 0 Å². The quantitative estimate of drug-likeness (QED) is 0.758. The van der Waals surface area contributed by atoms with Gasteiger partial charge in [-0.1, -0.05) is 11.6 Å². The molecule has 2 N–H and O–H groups in total. The lowest BCUT2D eigenvalue weighted by Gasteiger charge is -2.26. The van der Waals surface area contributed by atoms with Gasteiger partial charge in [0.15, 0.2) is 0 Å². The van der Waals surface area contributed by atoms with Crippen molar-refractivity contribution in [1.29, 1.82) is 0 Å². The Balaban J connectivity index is 1.84. The Bertz CT molecular complexity index is 447. The van der Waals surface area contributed by atoms with Crippen molar-refractivity contribution in [2.24, 2.45) is 0 Å². The molecule has 1 aromatic rings. The first-order valence-electron chi connectivity index (χ1n) is 6.39. The molecule has 1 unspecified atom stereocenters. The number of carboxylic acid groups (broad SMARTS) is 1. The molecule has 5 heteroatoms. The van der Waals surface area contributed by atoms with Crippen LogP contribution < -0.4 is 5.32 Å². The molecule has 1 fully saturated rings. The van der Waals surface area contributed by atoms with Crippen LogP contribution >= 0.6 is 23.4 Å². The Kier molecular flexibility index (Phi) is 4.76. The van der Waals surface area contributed by atoms with Gasteiger partial charge in [-0.2, -0.15) is 0 Å². The molecule has 2 rings (SSSR count). The van der Waals surface area contributed by atoms with E-state index in [0.717, 1.165) is 28.5 Å². The third-order valence-electron chi connectivity index (χ3n) is 3.26. The third kappa shape index (κ3) is 4.41. The molecule has 1 aliphatic rings. The number of halogens is 1. The molecule has 1 aromatic carbocycles. The zero-order chi connectivity index (χ0) is 13.9. The molecule has 104 valence electrons. The number of benzene rings is 1. The van der Waals surface area contributed by atoms with Crippen molar-refractivity contribution >= 4 is 29.3 Å². The topological polar surface area (TPSA) is 49.3 Å². The standard InChI is InChI=1S/C14H18ClNO2S/c1-14(13(17)18,16-11-4-5-11)8-9-19-12-6-2-10(15)3-7-12/h2-3,6-7,11,16H,4-5,8-9H2,1H3,(H,17,18). The second-order valence-electron chi connectivity index (χ2n) is 5.11. The monoisotopic (exact) mass is 299 g/mol. The number of hydrogen-bond donors (Lipinski definition) is 2. The van der Waals surface area contributed by atoms with Crippen molar-refractivity contribution in [3.63, 3.8) is 0 Å². The first-order valence-corrected chi connectivity index (χ1v) is 7.75. The molecule has 0 spiro atoms. The minimum Gasteiger partial charge on any atom is -0.480 e. The fourth-order valence-electron chi connectivity index (χ4n) is 1.82. The van der Waals surface area contributed by atoms with Crippen molar-refractivity contribution < 1.29 is 9.90 Å². The van der Waals surface area contributed by atoms with E-state index in [-0.39, 0.29) is 0 Å². The summed E-state index contributed by atoms with van der Waals surface area (Å²) in [5.74, 6) is 0.000514. The summed E-state index contributed by atoms with van der Waals surface area (Å²) in [5.41, 5.74) is -0.819. The van der Waals surface area contributed by atoms with Crippen LogP contribution in [0.1, 0.15) is 26.2 Å². The third-order valence-corrected chi connectivity index (χ3v) is 4.52. The molecule has 1 saturated carbocycles. The number of carbonyl (C=O) groups is 1. The Morgan fingerprint density at radius 2 is 2.11 bits per heavy atom. The summed E-state index contributed by atoms with van der Waals surface area (Å²) in [4.78, 5) is 12.5. The summed E-state index contributed by atoms with van der Waals surface area (Å²) >= 11 is 7.49. The SMILES string of the molecule is CC(CCSc1ccc(Cl)cc1)(NC1CC1)C(=O)O. The van der Waals surface area contributed by atoms with Gasteiger partial charge in [-0.25, -0.2) is 0 Å². The van der Waals surface area contributed by atoms with Crippen molar-refractivity contribution in [2.75, 3.05) is 5.75 Å². The molecular formula is C14H18ClNO2S. The molecule has 0 radical (unpaired) electrons. The highest BCUT2D eigenvalue weighted by molar-refractivity contribution is 7.99. The van der Waals surface area contributed by atoms with E-state index in [9.17, 15) is 9.90 Å². The molecule has 0 saturated heterocycles. The fraction of sp³-hybridized carbons (Fsp3) is 0.500. The number of rotatable bonds is 7. The number of thioether (sulfide) groups is 1. The van der Waals surface area contributed by atoms with Gasteiger partial charge in [0.25, 0.3) is 0 Å². The summed E-state index contributed by atoms with van der Waals surface area (Å²) < 4.78 is 0. The van der Waals surface area contributed by atoms with Crippen molar-refractivity contribution in [2.45, 2.75) is 42.7 Å². The summed E-state index contributed by atoms with van der Waals surface area (Å²) in [5, 5.41) is 13.3. The van der Waals surface area contributed by atoms with Crippen LogP contribution in [0.15, 0.2) is 29.2 Å². The molecule has 1 atom stereocenters. The molecule has 3 nitrogen and oxygen atoms in total. The average Bonchev–Trinajstić information content (AvgIpc) is 3.15. The Morgan fingerprint density at radius 1 is 1.47 bits per heavy atom. The van der Waals surface area contributed by atoms with Gasteiger partial charge in [-0.3, -0.25) is 10.1 Å². The second kappa shape index (κ2) is 6.16. The van der Waals surface area contributed by atoms with Gasteiger partial charge < -0.3 is 5.11 Å². The van der Waals surface area contributed by atoms with E-state index in [4.69, 9.17) is 11.6 Å². The largest absolute Gasteiger partial charge is 0.480 e. The van der Waals surface area contributed by atoms with E-state index in [1.165, 1.54) is 0 Å². The van der Waals surface area contributed by atoms with Gasteiger partial charge in [0.1, 0.15) is 5.54 Å². The predicted molar refractivity (Wildman–Crippen MR) is 79.0 cm³/mol. The van der Waals surface area contributed by atoms with Crippen LogP contribution in [0.2, 0.25) is 5.02 Å². The summed E-state index contributed by atoms with van der Waals surface area (Å²) in [6, 6.07) is 8.01. The molecule has 0 heterocycles. The smallest absolute Gasteiger partial charge is 0.323 e. The van der Waals surface area contributed by atoms with Crippen LogP contribution in [0.4, 0.5) is 0 Å². The maximum atomic E-state index is 11.4. The highest BCUT2D eigenvalue weighted by atomic mass is 35.5. The van der Waals surface area contributed by atoms with Crippen LogP contribution in [0.5, 0.6) is 0 Å². The van der Waals surface area contributed by atoms with Crippen molar-refractivity contribution in [1.82, 2.24) is 5.32 Å². The van der Waals surface area contributed by atoms with E-state index in [1.807, 2.05) is 24.3 Å². The summed E-state index contributed by atoms with van der Waals surface area (Å²) in [6.45, 7) is 1.77. The second-order valence-corrected chi connectivity index (χ2v) is 6.71. The molecule has 0 aromatic heterocycles. The highest BCUT2D eigenvalue weighted by Gasteiger charge is 2.37. The Hall–Kier alpha value is -0.710.